The lowest BCUT2D eigenvalue weighted by Gasteiger charge is -2.32. The highest BCUT2D eigenvalue weighted by molar-refractivity contribution is 5.41. The zero-order valence-corrected chi connectivity index (χ0v) is 11.6. The summed E-state index contributed by atoms with van der Waals surface area (Å²) in [6.07, 6.45) is 5.86. The standard InChI is InChI=1S/C16H21NO2/c1-18-14-10-15(19-2)12-16(11-14,8-9-17)13-6-4-3-5-7-13/h3-7,11-12H,8-10,17H2,1-2H3. The zero-order chi connectivity index (χ0) is 13.7. The summed E-state index contributed by atoms with van der Waals surface area (Å²) >= 11 is 0. The van der Waals surface area contributed by atoms with Gasteiger partial charge in [-0.2, -0.15) is 0 Å². The van der Waals surface area contributed by atoms with Crippen LogP contribution in [0.5, 0.6) is 0 Å². The Morgan fingerprint density at radius 1 is 1.05 bits per heavy atom. The van der Waals surface area contributed by atoms with Gasteiger partial charge in [0.15, 0.2) is 0 Å². The molecule has 0 radical (unpaired) electrons. The van der Waals surface area contributed by atoms with Crippen molar-refractivity contribution in [3.8, 4) is 0 Å². The highest BCUT2D eigenvalue weighted by Crippen LogP contribution is 2.38. The number of methoxy groups -OCH3 is 2. The Labute approximate surface area is 114 Å². The first-order valence-corrected chi connectivity index (χ1v) is 6.51. The van der Waals surface area contributed by atoms with E-state index < -0.39 is 0 Å². The van der Waals surface area contributed by atoms with Crippen molar-refractivity contribution in [1.82, 2.24) is 0 Å². The van der Waals surface area contributed by atoms with Crippen LogP contribution in [0.3, 0.4) is 0 Å². The molecule has 2 N–H and O–H groups in total. The third-order valence-electron chi connectivity index (χ3n) is 3.58. The molecule has 0 saturated carbocycles. The van der Waals surface area contributed by atoms with Gasteiger partial charge in [-0.1, -0.05) is 30.3 Å². The van der Waals surface area contributed by atoms with Crippen LogP contribution in [0.2, 0.25) is 0 Å². The average molecular weight is 259 g/mol. The molecule has 0 saturated heterocycles. The molecule has 3 nitrogen and oxygen atoms in total. The number of ether oxygens (including phenoxy) is 2. The third-order valence-corrected chi connectivity index (χ3v) is 3.58. The Morgan fingerprint density at radius 2 is 1.63 bits per heavy atom. The summed E-state index contributed by atoms with van der Waals surface area (Å²) in [6, 6.07) is 10.3. The maximum atomic E-state index is 5.82. The number of nitrogens with two attached hydrogens (primary N) is 1. The summed E-state index contributed by atoms with van der Waals surface area (Å²) in [5.74, 6) is 1.85. The molecule has 1 aliphatic carbocycles. The first-order valence-electron chi connectivity index (χ1n) is 6.51. The van der Waals surface area contributed by atoms with Crippen LogP contribution in [0.4, 0.5) is 0 Å². The van der Waals surface area contributed by atoms with Gasteiger partial charge in [-0.3, -0.25) is 0 Å². The topological polar surface area (TPSA) is 44.5 Å². The molecule has 102 valence electrons. The normalized spacial score (nSPS) is 17.4. The third kappa shape index (κ3) is 2.82. The van der Waals surface area contributed by atoms with Gasteiger partial charge in [-0.15, -0.1) is 0 Å². The quantitative estimate of drug-likeness (QED) is 0.884. The molecule has 0 heterocycles. The van der Waals surface area contributed by atoms with Crippen molar-refractivity contribution >= 4 is 0 Å². The van der Waals surface area contributed by atoms with E-state index in [1.807, 2.05) is 18.2 Å². The summed E-state index contributed by atoms with van der Waals surface area (Å²) in [7, 11) is 3.39. The second kappa shape index (κ2) is 5.93. The lowest BCUT2D eigenvalue weighted by Crippen LogP contribution is -2.28. The summed E-state index contributed by atoms with van der Waals surface area (Å²) < 4.78 is 10.9. The number of rotatable bonds is 5. The first kappa shape index (κ1) is 13.7. The van der Waals surface area contributed by atoms with Crippen LogP contribution in [0.25, 0.3) is 0 Å². The van der Waals surface area contributed by atoms with Crippen LogP contribution in [0.15, 0.2) is 54.0 Å². The number of hydrogen-bond donors (Lipinski definition) is 1. The van der Waals surface area contributed by atoms with Gasteiger partial charge in [0.1, 0.15) is 11.5 Å². The molecule has 0 spiro atoms. The zero-order valence-electron chi connectivity index (χ0n) is 11.6. The van der Waals surface area contributed by atoms with E-state index in [0.29, 0.717) is 13.0 Å². The van der Waals surface area contributed by atoms with Crippen molar-refractivity contribution < 1.29 is 9.47 Å². The van der Waals surface area contributed by atoms with Gasteiger partial charge in [0, 0.05) is 5.41 Å². The molecule has 1 aromatic carbocycles. The van der Waals surface area contributed by atoms with Crippen LogP contribution in [0.1, 0.15) is 18.4 Å². The molecule has 0 amide bonds. The van der Waals surface area contributed by atoms with Crippen LogP contribution in [-0.2, 0) is 14.9 Å². The van der Waals surface area contributed by atoms with Crippen molar-refractivity contribution in [3.05, 3.63) is 59.6 Å². The lowest BCUT2D eigenvalue weighted by molar-refractivity contribution is 0.225. The van der Waals surface area contributed by atoms with Crippen LogP contribution < -0.4 is 5.73 Å². The minimum atomic E-state index is -0.231. The fourth-order valence-electron chi connectivity index (χ4n) is 2.59. The minimum Gasteiger partial charge on any atom is -0.501 e. The van der Waals surface area contributed by atoms with E-state index in [0.717, 1.165) is 17.9 Å². The fraction of sp³-hybridized carbons (Fsp3) is 0.375. The summed E-state index contributed by atoms with van der Waals surface area (Å²) in [6.45, 7) is 0.607. The molecular formula is C16H21NO2. The number of hydrogen-bond acceptors (Lipinski definition) is 3. The van der Waals surface area contributed by atoms with E-state index in [4.69, 9.17) is 15.2 Å². The van der Waals surface area contributed by atoms with Crippen LogP contribution >= 0.6 is 0 Å². The number of allylic oxidation sites excluding steroid dienone is 2. The Morgan fingerprint density at radius 3 is 2.11 bits per heavy atom. The van der Waals surface area contributed by atoms with E-state index in [2.05, 4.69) is 24.3 Å². The highest BCUT2D eigenvalue weighted by Gasteiger charge is 2.32. The van der Waals surface area contributed by atoms with Gasteiger partial charge in [-0.05, 0) is 30.7 Å². The van der Waals surface area contributed by atoms with E-state index >= 15 is 0 Å². The van der Waals surface area contributed by atoms with Gasteiger partial charge in [0.05, 0.1) is 20.6 Å². The van der Waals surface area contributed by atoms with Gasteiger partial charge >= 0.3 is 0 Å². The molecule has 0 atom stereocenters. The molecule has 1 aliphatic rings. The number of benzene rings is 1. The molecule has 3 heteroatoms. The Balaban J connectivity index is 2.50. The van der Waals surface area contributed by atoms with Crippen molar-refractivity contribution in [2.45, 2.75) is 18.3 Å². The first-order chi connectivity index (χ1) is 9.24. The van der Waals surface area contributed by atoms with Crippen LogP contribution in [-0.4, -0.2) is 20.8 Å². The van der Waals surface area contributed by atoms with E-state index in [9.17, 15) is 0 Å². The Hall–Kier alpha value is -1.74. The Bertz CT molecular complexity index is 457. The molecule has 2 rings (SSSR count). The Kier molecular flexibility index (Phi) is 4.27. The lowest BCUT2D eigenvalue weighted by atomic mass is 9.74. The molecule has 0 aliphatic heterocycles. The monoisotopic (exact) mass is 259 g/mol. The molecule has 0 aromatic heterocycles. The maximum Gasteiger partial charge on any atom is 0.100 e. The maximum absolute atomic E-state index is 5.82. The van der Waals surface area contributed by atoms with Crippen molar-refractivity contribution in [3.63, 3.8) is 0 Å². The minimum absolute atomic E-state index is 0.231. The average Bonchev–Trinajstić information content (AvgIpc) is 2.48. The second-order valence-corrected chi connectivity index (χ2v) is 4.75. The van der Waals surface area contributed by atoms with Gasteiger partial charge in [0.2, 0.25) is 0 Å². The van der Waals surface area contributed by atoms with Crippen molar-refractivity contribution in [2.24, 2.45) is 5.73 Å². The molecule has 0 bridgehead atoms. The van der Waals surface area contributed by atoms with Crippen molar-refractivity contribution in [2.75, 3.05) is 20.8 Å². The predicted octanol–water partition coefficient (Wildman–Crippen LogP) is 2.74. The molecule has 19 heavy (non-hydrogen) atoms. The summed E-state index contributed by atoms with van der Waals surface area (Å²) in [5, 5.41) is 0. The van der Waals surface area contributed by atoms with E-state index in [1.54, 1.807) is 14.2 Å². The SMILES string of the molecule is COC1=CC(CCN)(c2ccccc2)C=C(OC)C1. The molecule has 0 unspecified atom stereocenters. The highest BCUT2D eigenvalue weighted by atomic mass is 16.5. The second-order valence-electron chi connectivity index (χ2n) is 4.75. The van der Waals surface area contributed by atoms with Gasteiger partial charge in [0.25, 0.3) is 0 Å². The fourth-order valence-corrected chi connectivity index (χ4v) is 2.59. The smallest absolute Gasteiger partial charge is 0.100 e. The molecule has 1 aromatic rings. The predicted molar refractivity (Wildman–Crippen MR) is 76.6 cm³/mol. The summed E-state index contributed by atoms with van der Waals surface area (Å²) in [4.78, 5) is 0. The van der Waals surface area contributed by atoms with Gasteiger partial charge in [-0.25, -0.2) is 0 Å². The molecular weight excluding hydrogens is 238 g/mol. The summed E-state index contributed by atoms with van der Waals surface area (Å²) in [5.41, 5.74) is 6.80. The van der Waals surface area contributed by atoms with E-state index in [-0.39, 0.29) is 5.41 Å². The molecule has 0 fully saturated rings. The van der Waals surface area contributed by atoms with Crippen molar-refractivity contribution in [1.29, 1.82) is 0 Å². The van der Waals surface area contributed by atoms with Gasteiger partial charge < -0.3 is 15.2 Å². The van der Waals surface area contributed by atoms with E-state index in [1.165, 1.54) is 5.56 Å². The largest absolute Gasteiger partial charge is 0.501 e. The van der Waals surface area contributed by atoms with Crippen LogP contribution in [0, 0.1) is 0 Å².